The van der Waals surface area contributed by atoms with E-state index in [1.807, 2.05) is 38.1 Å². The summed E-state index contributed by atoms with van der Waals surface area (Å²) in [6.07, 6.45) is 0. The van der Waals surface area contributed by atoms with Gasteiger partial charge in [0.25, 0.3) is 5.91 Å². The zero-order valence-corrected chi connectivity index (χ0v) is 14.0. The van der Waals surface area contributed by atoms with Crippen molar-refractivity contribution in [2.75, 3.05) is 23.5 Å². The molecule has 2 aromatic carbocycles. The molecule has 124 valence electrons. The van der Waals surface area contributed by atoms with Gasteiger partial charge in [0.05, 0.1) is 18.5 Å². The smallest absolute Gasteiger partial charge is 0.258 e. The zero-order valence-electron chi connectivity index (χ0n) is 14.0. The maximum absolute atomic E-state index is 13.0. The van der Waals surface area contributed by atoms with Crippen molar-refractivity contribution in [3.8, 4) is 5.75 Å². The molecule has 0 saturated heterocycles. The minimum atomic E-state index is -0.210. The van der Waals surface area contributed by atoms with E-state index in [2.05, 4.69) is 0 Å². The second-order valence-electron chi connectivity index (χ2n) is 5.97. The van der Waals surface area contributed by atoms with Crippen molar-refractivity contribution in [1.82, 2.24) is 0 Å². The van der Waals surface area contributed by atoms with Crippen molar-refractivity contribution in [2.45, 2.75) is 19.9 Å². The first-order chi connectivity index (χ1) is 11.5. The highest BCUT2D eigenvalue weighted by Crippen LogP contribution is 2.35. The molecule has 2 aromatic rings. The number of carbonyl (C=O) groups excluding carboxylic acids is 2. The molecule has 0 spiro atoms. The maximum atomic E-state index is 13.0. The van der Waals surface area contributed by atoms with Crippen LogP contribution in [0.15, 0.2) is 48.5 Å². The predicted molar refractivity (Wildman–Crippen MR) is 93.7 cm³/mol. The summed E-state index contributed by atoms with van der Waals surface area (Å²) < 4.78 is 5.19. The number of hydrogen-bond acceptors (Lipinski definition) is 3. The van der Waals surface area contributed by atoms with Gasteiger partial charge in [-0.15, -0.1) is 0 Å². The standard InChI is InChI=1S/C19H20N2O3/c1-13(2)21-17-10-5-4-9-16(17)20(12-18(21)22)19(23)14-7-6-8-15(11-14)24-3/h4-11,13H,12H2,1-3H3. The van der Waals surface area contributed by atoms with E-state index in [0.717, 1.165) is 11.4 Å². The number of nitrogens with zero attached hydrogens (tertiary/aromatic N) is 2. The molecule has 0 unspecified atom stereocenters. The molecule has 0 aliphatic carbocycles. The zero-order chi connectivity index (χ0) is 17.3. The maximum Gasteiger partial charge on any atom is 0.258 e. The largest absolute Gasteiger partial charge is 0.497 e. The van der Waals surface area contributed by atoms with Crippen LogP contribution in [-0.4, -0.2) is 31.5 Å². The number of ether oxygens (including phenoxy) is 1. The lowest BCUT2D eigenvalue weighted by Crippen LogP contribution is -2.50. The first-order valence-electron chi connectivity index (χ1n) is 7.90. The molecule has 1 aliphatic rings. The van der Waals surface area contributed by atoms with Crippen LogP contribution in [0.25, 0.3) is 0 Å². The van der Waals surface area contributed by atoms with Crippen LogP contribution >= 0.6 is 0 Å². The van der Waals surface area contributed by atoms with Crippen LogP contribution in [0.1, 0.15) is 24.2 Å². The molecule has 0 fully saturated rings. The van der Waals surface area contributed by atoms with Crippen molar-refractivity contribution in [3.05, 3.63) is 54.1 Å². The van der Waals surface area contributed by atoms with E-state index >= 15 is 0 Å². The molecule has 0 atom stereocenters. The molecule has 3 rings (SSSR count). The van der Waals surface area contributed by atoms with Crippen molar-refractivity contribution in [3.63, 3.8) is 0 Å². The average molecular weight is 324 g/mol. The summed E-state index contributed by atoms with van der Waals surface area (Å²) in [4.78, 5) is 28.8. The van der Waals surface area contributed by atoms with E-state index in [-0.39, 0.29) is 24.4 Å². The Morgan fingerprint density at radius 3 is 2.46 bits per heavy atom. The van der Waals surface area contributed by atoms with Gasteiger partial charge in [-0.05, 0) is 44.2 Å². The van der Waals surface area contributed by atoms with Gasteiger partial charge in [-0.25, -0.2) is 0 Å². The van der Waals surface area contributed by atoms with Crippen LogP contribution in [0.5, 0.6) is 5.75 Å². The van der Waals surface area contributed by atoms with E-state index in [4.69, 9.17) is 4.74 Å². The number of hydrogen-bond donors (Lipinski definition) is 0. The summed E-state index contributed by atoms with van der Waals surface area (Å²) in [5.74, 6) is 0.319. The fourth-order valence-corrected chi connectivity index (χ4v) is 2.99. The van der Waals surface area contributed by atoms with E-state index in [9.17, 15) is 9.59 Å². The van der Waals surface area contributed by atoms with Gasteiger partial charge in [0.15, 0.2) is 0 Å². The predicted octanol–water partition coefficient (Wildman–Crippen LogP) is 3.10. The SMILES string of the molecule is COc1cccc(C(=O)N2CC(=O)N(C(C)C)c3ccccc32)c1. The summed E-state index contributed by atoms with van der Waals surface area (Å²) in [5, 5.41) is 0. The normalized spacial score (nSPS) is 13.9. The summed E-state index contributed by atoms with van der Waals surface area (Å²) in [6.45, 7) is 3.97. The Morgan fingerprint density at radius 1 is 1.08 bits per heavy atom. The van der Waals surface area contributed by atoms with Gasteiger partial charge in [-0.3, -0.25) is 14.5 Å². The monoisotopic (exact) mass is 324 g/mol. The molecule has 1 aliphatic heterocycles. The lowest BCUT2D eigenvalue weighted by atomic mass is 10.1. The fourth-order valence-electron chi connectivity index (χ4n) is 2.99. The highest BCUT2D eigenvalue weighted by atomic mass is 16.5. The van der Waals surface area contributed by atoms with E-state index in [0.29, 0.717) is 11.3 Å². The molecule has 2 amide bonds. The molecule has 0 saturated carbocycles. The second kappa shape index (κ2) is 6.35. The van der Waals surface area contributed by atoms with Gasteiger partial charge >= 0.3 is 0 Å². The number of fused-ring (bicyclic) bond motifs is 1. The fraction of sp³-hybridized carbons (Fsp3) is 0.263. The lowest BCUT2D eigenvalue weighted by Gasteiger charge is -2.38. The molecular formula is C19H20N2O3. The van der Waals surface area contributed by atoms with Gasteiger partial charge in [-0.2, -0.15) is 0 Å². The second-order valence-corrected chi connectivity index (χ2v) is 5.97. The summed E-state index contributed by atoms with van der Waals surface area (Å²) >= 11 is 0. The Morgan fingerprint density at radius 2 is 1.79 bits per heavy atom. The van der Waals surface area contributed by atoms with Crippen LogP contribution in [0.3, 0.4) is 0 Å². The molecular weight excluding hydrogens is 304 g/mol. The molecule has 0 N–H and O–H groups in total. The third-order valence-corrected chi connectivity index (χ3v) is 4.07. The number of anilines is 2. The highest BCUT2D eigenvalue weighted by Gasteiger charge is 2.34. The Labute approximate surface area is 141 Å². The van der Waals surface area contributed by atoms with E-state index in [1.54, 1.807) is 36.3 Å². The number of carbonyl (C=O) groups is 2. The van der Waals surface area contributed by atoms with Gasteiger partial charge in [0.1, 0.15) is 12.3 Å². The summed E-state index contributed by atoms with van der Waals surface area (Å²) in [7, 11) is 1.56. The van der Waals surface area contributed by atoms with Crippen molar-refractivity contribution in [1.29, 1.82) is 0 Å². The number of benzene rings is 2. The topological polar surface area (TPSA) is 49.9 Å². The number of methoxy groups -OCH3 is 1. The molecule has 24 heavy (non-hydrogen) atoms. The molecule has 0 aromatic heterocycles. The third kappa shape index (κ3) is 2.73. The highest BCUT2D eigenvalue weighted by molar-refractivity contribution is 6.16. The molecule has 0 bridgehead atoms. The Hall–Kier alpha value is -2.82. The number of para-hydroxylation sites is 2. The average Bonchev–Trinajstić information content (AvgIpc) is 2.60. The summed E-state index contributed by atoms with van der Waals surface area (Å²) in [6, 6.07) is 14.5. The molecule has 0 radical (unpaired) electrons. The minimum absolute atomic E-state index is 0.0330. The minimum Gasteiger partial charge on any atom is -0.497 e. The van der Waals surface area contributed by atoms with E-state index in [1.165, 1.54) is 4.90 Å². The molecule has 5 nitrogen and oxygen atoms in total. The third-order valence-electron chi connectivity index (χ3n) is 4.07. The number of rotatable bonds is 3. The van der Waals surface area contributed by atoms with Gasteiger partial charge in [0.2, 0.25) is 5.91 Å². The van der Waals surface area contributed by atoms with Crippen LogP contribution in [0.4, 0.5) is 11.4 Å². The molecule has 5 heteroatoms. The van der Waals surface area contributed by atoms with E-state index < -0.39 is 0 Å². The van der Waals surface area contributed by atoms with Gasteiger partial charge in [-0.1, -0.05) is 18.2 Å². The van der Waals surface area contributed by atoms with Gasteiger partial charge < -0.3 is 9.64 Å². The van der Waals surface area contributed by atoms with Crippen LogP contribution in [0, 0.1) is 0 Å². The van der Waals surface area contributed by atoms with Crippen molar-refractivity contribution < 1.29 is 14.3 Å². The van der Waals surface area contributed by atoms with Crippen LogP contribution in [-0.2, 0) is 4.79 Å². The van der Waals surface area contributed by atoms with Crippen LogP contribution < -0.4 is 14.5 Å². The van der Waals surface area contributed by atoms with Gasteiger partial charge in [0, 0.05) is 11.6 Å². The van der Waals surface area contributed by atoms with Crippen LogP contribution in [0.2, 0.25) is 0 Å². The molecule has 1 heterocycles. The first kappa shape index (κ1) is 16.1. The number of amides is 2. The van der Waals surface area contributed by atoms with Crippen molar-refractivity contribution >= 4 is 23.2 Å². The lowest BCUT2D eigenvalue weighted by molar-refractivity contribution is -0.117. The Kier molecular flexibility index (Phi) is 4.25. The Balaban J connectivity index is 2.03. The Bertz CT molecular complexity index is 786. The van der Waals surface area contributed by atoms with Crippen molar-refractivity contribution in [2.24, 2.45) is 0 Å². The quantitative estimate of drug-likeness (QED) is 0.872. The first-order valence-corrected chi connectivity index (χ1v) is 7.90. The summed E-state index contributed by atoms with van der Waals surface area (Å²) in [5.41, 5.74) is 2.01.